The van der Waals surface area contributed by atoms with Crippen LogP contribution in [0.1, 0.15) is 30.1 Å². The predicted molar refractivity (Wildman–Crippen MR) is 120 cm³/mol. The maximum absolute atomic E-state index is 12.3. The largest absolute Gasteiger partial charge is 0.492 e. The lowest BCUT2D eigenvalue weighted by Crippen LogP contribution is -2.43. The van der Waals surface area contributed by atoms with Gasteiger partial charge in [0.1, 0.15) is 11.5 Å². The lowest BCUT2D eigenvalue weighted by molar-refractivity contribution is -0.123. The number of amides is 2. The van der Waals surface area contributed by atoms with Gasteiger partial charge in [0.05, 0.1) is 11.1 Å². The van der Waals surface area contributed by atoms with E-state index in [0.29, 0.717) is 28.1 Å². The van der Waals surface area contributed by atoms with Gasteiger partial charge in [0, 0.05) is 10.9 Å². The molecule has 30 heavy (non-hydrogen) atoms. The number of benzene rings is 3. The minimum absolute atomic E-state index is 0.220. The average Bonchev–Trinajstić information content (AvgIpc) is 2.77. The average molecular weight is 471 g/mol. The van der Waals surface area contributed by atoms with Crippen LogP contribution in [0.5, 0.6) is 11.5 Å². The number of halogens is 1. The number of hydrogen-bond donors (Lipinski definition) is 2. The molecule has 2 amide bonds. The van der Waals surface area contributed by atoms with Crippen LogP contribution in [-0.2, 0) is 4.79 Å². The van der Waals surface area contributed by atoms with E-state index in [0.717, 1.165) is 23.6 Å². The first-order chi connectivity index (χ1) is 14.6. The van der Waals surface area contributed by atoms with Gasteiger partial charge in [-0.15, -0.1) is 0 Å². The number of rotatable bonds is 8. The first-order valence-corrected chi connectivity index (χ1v) is 10.5. The lowest BCUT2D eigenvalue weighted by Gasteiger charge is -2.12. The highest BCUT2D eigenvalue weighted by molar-refractivity contribution is 9.10. The maximum atomic E-state index is 12.3. The van der Waals surface area contributed by atoms with Crippen molar-refractivity contribution in [3.8, 4) is 11.5 Å². The van der Waals surface area contributed by atoms with Crippen LogP contribution in [0.4, 0.5) is 0 Å². The van der Waals surface area contributed by atoms with Crippen LogP contribution in [0.2, 0.25) is 0 Å². The van der Waals surface area contributed by atoms with Gasteiger partial charge in [0.2, 0.25) is 0 Å². The van der Waals surface area contributed by atoms with E-state index in [1.54, 1.807) is 24.3 Å². The summed E-state index contributed by atoms with van der Waals surface area (Å²) in [5.41, 5.74) is 5.15. The molecule has 0 bridgehead atoms. The van der Waals surface area contributed by atoms with E-state index in [1.807, 2.05) is 36.4 Å². The molecule has 0 spiro atoms. The fourth-order valence-corrected chi connectivity index (χ4v) is 3.28. The zero-order chi connectivity index (χ0) is 21.3. The van der Waals surface area contributed by atoms with Crippen molar-refractivity contribution in [3.05, 3.63) is 70.7 Å². The minimum atomic E-state index is -0.463. The Bertz CT molecular complexity index is 1030. The molecule has 0 fully saturated rings. The molecule has 0 atom stereocenters. The molecule has 0 aliphatic carbocycles. The quantitative estimate of drug-likeness (QED) is 0.371. The van der Waals surface area contributed by atoms with Crippen LogP contribution in [0.3, 0.4) is 0 Å². The van der Waals surface area contributed by atoms with Gasteiger partial charge in [0.15, 0.2) is 6.61 Å². The second-order valence-corrected chi connectivity index (χ2v) is 7.47. The molecule has 0 aromatic heterocycles. The minimum Gasteiger partial charge on any atom is -0.492 e. The Morgan fingerprint density at radius 1 is 0.933 bits per heavy atom. The number of carbonyl (C=O) groups is 2. The first kappa shape index (κ1) is 21.6. The molecular formula is C23H23BrN2O4. The molecule has 3 rings (SSSR count). The van der Waals surface area contributed by atoms with Crippen LogP contribution < -0.4 is 20.3 Å². The predicted octanol–water partition coefficient (Wildman–Crippen LogP) is 4.62. The number of fused-ring (bicyclic) bond motifs is 1. The number of ether oxygens (including phenoxy) is 2. The Labute approximate surface area is 183 Å². The molecule has 2 N–H and O–H groups in total. The molecule has 0 radical (unpaired) electrons. The Morgan fingerprint density at radius 3 is 2.53 bits per heavy atom. The van der Waals surface area contributed by atoms with Crippen molar-refractivity contribution in [1.29, 1.82) is 0 Å². The second kappa shape index (κ2) is 10.6. The molecule has 156 valence electrons. The van der Waals surface area contributed by atoms with Gasteiger partial charge >= 0.3 is 0 Å². The SMILES string of the molecule is CCCCOc1ccc(C(=O)NNC(=O)COc2cccc3ccccc23)cc1Br. The van der Waals surface area contributed by atoms with Crippen molar-refractivity contribution in [2.45, 2.75) is 19.8 Å². The highest BCUT2D eigenvalue weighted by Gasteiger charge is 2.11. The Kier molecular flexibility index (Phi) is 7.68. The topological polar surface area (TPSA) is 76.7 Å². The summed E-state index contributed by atoms with van der Waals surface area (Å²) in [5, 5.41) is 1.94. The van der Waals surface area contributed by atoms with E-state index >= 15 is 0 Å². The van der Waals surface area contributed by atoms with E-state index < -0.39 is 11.8 Å². The first-order valence-electron chi connectivity index (χ1n) is 9.70. The van der Waals surface area contributed by atoms with Gasteiger partial charge in [-0.3, -0.25) is 20.4 Å². The normalized spacial score (nSPS) is 10.5. The number of nitrogens with one attached hydrogen (secondary N) is 2. The van der Waals surface area contributed by atoms with E-state index in [-0.39, 0.29) is 6.61 Å². The molecule has 0 heterocycles. The van der Waals surface area contributed by atoms with Crippen LogP contribution in [-0.4, -0.2) is 25.0 Å². The molecule has 0 saturated heterocycles. The van der Waals surface area contributed by atoms with Crippen LogP contribution in [0.15, 0.2) is 65.1 Å². The Hall–Kier alpha value is -3.06. The van der Waals surface area contributed by atoms with E-state index in [9.17, 15) is 9.59 Å². The van der Waals surface area contributed by atoms with Crippen molar-refractivity contribution in [2.24, 2.45) is 0 Å². The summed E-state index contributed by atoms with van der Waals surface area (Å²) in [4.78, 5) is 24.4. The molecule has 3 aromatic carbocycles. The molecule has 0 aliphatic heterocycles. The lowest BCUT2D eigenvalue weighted by atomic mass is 10.1. The molecule has 0 saturated carbocycles. The van der Waals surface area contributed by atoms with Gasteiger partial charge in [0.25, 0.3) is 11.8 Å². The number of unbranched alkanes of at least 4 members (excludes halogenated alkanes) is 1. The van der Waals surface area contributed by atoms with Gasteiger partial charge in [-0.05, 0) is 52.0 Å². The zero-order valence-corrected chi connectivity index (χ0v) is 18.2. The van der Waals surface area contributed by atoms with Crippen LogP contribution >= 0.6 is 15.9 Å². The third-order valence-electron chi connectivity index (χ3n) is 4.37. The summed E-state index contributed by atoms with van der Waals surface area (Å²) in [6, 6.07) is 18.4. The van der Waals surface area contributed by atoms with Crippen molar-refractivity contribution < 1.29 is 19.1 Å². The van der Waals surface area contributed by atoms with Gasteiger partial charge < -0.3 is 9.47 Å². The van der Waals surface area contributed by atoms with Crippen molar-refractivity contribution in [3.63, 3.8) is 0 Å². The summed E-state index contributed by atoms with van der Waals surface area (Å²) in [5.74, 6) is 0.383. The van der Waals surface area contributed by atoms with Gasteiger partial charge in [-0.2, -0.15) is 0 Å². The molecule has 0 aliphatic rings. The fraction of sp³-hybridized carbons (Fsp3) is 0.217. The Morgan fingerprint density at radius 2 is 1.73 bits per heavy atom. The highest BCUT2D eigenvalue weighted by atomic mass is 79.9. The van der Waals surface area contributed by atoms with Gasteiger partial charge in [-0.1, -0.05) is 49.7 Å². The highest BCUT2D eigenvalue weighted by Crippen LogP contribution is 2.26. The molecule has 7 heteroatoms. The number of carbonyl (C=O) groups excluding carboxylic acids is 2. The molecule has 6 nitrogen and oxygen atoms in total. The monoisotopic (exact) mass is 470 g/mol. The molecule has 0 unspecified atom stereocenters. The maximum Gasteiger partial charge on any atom is 0.276 e. The van der Waals surface area contributed by atoms with Gasteiger partial charge in [-0.25, -0.2) is 0 Å². The van der Waals surface area contributed by atoms with E-state index in [2.05, 4.69) is 33.7 Å². The van der Waals surface area contributed by atoms with Crippen molar-refractivity contribution in [2.75, 3.05) is 13.2 Å². The van der Waals surface area contributed by atoms with Crippen LogP contribution in [0.25, 0.3) is 10.8 Å². The Balaban J connectivity index is 1.50. The zero-order valence-electron chi connectivity index (χ0n) is 16.6. The van der Waals surface area contributed by atoms with Crippen LogP contribution in [0, 0.1) is 0 Å². The van der Waals surface area contributed by atoms with E-state index in [1.165, 1.54) is 0 Å². The fourth-order valence-electron chi connectivity index (χ4n) is 2.79. The number of hydrazine groups is 1. The summed E-state index contributed by atoms with van der Waals surface area (Å²) in [7, 11) is 0. The standard InChI is InChI=1S/C23H23BrN2O4/c1-2-3-13-29-21-12-11-17(14-19(21)24)23(28)26-25-22(27)15-30-20-10-6-8-16-7-4-5-9-18(16)20/h4-12,14H,2-3,13,15H2,1H3,(H,25,27)(H,26,28). The smallest absolute Gasteiger partial charge is 0.276 e. The van der Waals surface area contributed by atoms with Crippen molar-refractivity contribution >= 4 is 38.5 Å². The summed E-state index contributed by atoms with van der Waals surface area (Å²) < 4.78 is 11.9. The third-order valence-corrected chi connectivity index (χ3v) is 4.99. The molecule has 3 aromatic rings. The summed E-state index contributed by atoms with van der Waals surface area (Å²) in [6.07, 6.45) is 2.00. The molecular weight excluding hydrogens is 448 g/mol. The second-order valence-electron chi connectivity index (χ2n) is 6.62. The third kappa shape index (κ3) is 5.73. The summed E-state index contributed by atoms with van der Waals surface area (Å²) in [6.45, 7) is 2.49. The van der Waals surface area contributed by atoms with E-state index in [4.69, 9.17) is 9.47 Å². The van der Waals surface area contributed by atoms with Crippen molar-refractivity contribution in [1.82, 2.24) is 10.9 Å². The number of hydrogen-bond acceptors (Lipinski definition) is 4. The summed E-state index contributed by atoms with van der Waals surface area (Å²) >= 11 is 3.41.